The quantitative estimate of drug-likeness (QED) is 0.762. The average Bonchev–Trinajstić information content (AvgIpc) is 2.69. The van der Waals surface area contributed by atoms with Gasteiger partial charge < -0.3 is 10.1 Å². The van der Waals surface area contributed by atoms with Gasteiger partial charge in [-0.1, -0.05) is 19.3 Å². The van der Waals surface area contributed by atoms with E-state index in [0.717, 1.165) is 32.1 Å². The van der Waals surface area contributed by atoms with Crippen LogP contribution in [-0.4, -0.2) is 35.7 Å². The lowest BCUT2D eigenvalue weighted by molar-refractivity contribution is -0.135. The van der Waals surface area contributed by atoms with E-state index in [2.05, 4.69) is 15.3 Å². The van der Waals surface area contributed by atoms with E-state index in [0.29, 0.717) is 5.84 Å². The van der Waals surface area contributed by atoms with Crippen molar-refractivity contribution in [3.63, 3.8) is 0 Å². The predicted octanol–water partition coefficient (Wildman–Crippen LogP) is 1.20. The number of nitrogens with one attached hydrogen (secondary N) is 1. The SMILES string of the molecule is CCOC(=O)C1=NC2(CCCCC2)C(NC(C)=O)=N1. The van der Waals surface area contributed by atoms with Crippen LogP contribution in [0, 0.1) is 0 Å². The molecule has 1 N–H and O–H groups in total. The Bertz CT molecular complexity index is 448. The smallest absolute Gasteiger partial charge is 0.376 e. The molecule has 0 bridgehead atoms. The van der Waals surface area contributed by atoms with Gasteiger partial charge in [0.2, 0.25) is 11.7 Å². The normalized spacial score (nSPS) is 20.7. The van der Waals surface area contributed by atoms with Crippen molar-refractivity contribution in [3.05, 3.63) is 0 Å². The zero-order chi connectivity index (χ0) is 13.9. The third-order valence-corrected chi connectivity index (χ3v) is 3.41. The van der Waals surface area contributed by atoms with Crippen LogP contribution in [0.15, 0.2) is 9.98 Å². The van der Waals surface area contributed by atoms with Crippen LogP contribution in [0.4, 0.5) is 0 Å². The fourth-order valence-corrected chi connectivity index (χ4v) is 2.57. The Morgan fingerprint density at radius 1 is 1.32 bits per heavy atom. The molecule has 0 saturated heterocycles. The number of nitrogens with zero attached hydrogens (tertiary/aromatic N) is 2. The van der Waals surface area contributed by atoms with Crippen LogP contribution in [0.25, 0.3) is 0 Å². The highest BCUT2D eigenvalue weighted by Crippen LogP contribution is 2.35. The van der Waals surface area contributed by atoms with Crippen LogP contribution in [0.1, 0.15) is 46.0 Å². The highest BCUT2D eigenvalue weighted by Gasteiger charge is 2.43. The van der Waals surface area contributed by atoms with Gasteiger partial charge >= 0.3 is 5.97 Å². The molecule has 0 aromatic carbocycles. The molecule has 0 aromatic rings. The van der Waals surface area contributed by atoms with Crippen molar-refractivity contribution >= 4 is 23.5 Å². The van der Waals surface area contributed by atoms with E-state index in [1.807, 2.05) is 0 Å². The molecule has 1 saturated carbocycles. The Kier molecular flexibility index (Phi) is 3.97. The summed E-state index contributed by atoms with van der Waals surface area (Å²) in [5, 5.41) is 2.72. The molecule has 19 heavy (non-hydrogen) atoms. The molecule has 1 fully saturated rings. The predicted molar refractivity (Wildman–Crippen MR) is 71.1 cm³/mol. The van der Waals surface area contributed by atoms with Crippen LogP contribution >= 0.6 is 0 Å². The second-order valence-corrected chi connectivity index (χ2v) is 4.89. The maximum atomic E-state index is 11.7. The van der Waals surface area contributed by atoms with Gasteiger partial charge in [-0.2, -0.15) is 0 Å². The Hall–Kier alpha value is -1.72. The van der Waals surface area contributed by atoms with Gasteiger partial charge in [0.25, 0.3) is 0 Å². The first-order chi connectivity index (χ1) is 9.07. The van der Waals surface area contributed by atoms with Gasteiger partial charge in [0.05, 0.1) is 6.61 Å². The summed E-state index contributed by atoms with van der Waals surface area (Å²) in [4.78, 5) is 31.6. The lowest BCUT2D eigenvalue weighted by Gasteiger charge is -2.31. The van der Waals surface area contributed by atoms with Gasteiger partial charge in [0.15, 0.2) is 0 Å². The molecule has 1 amide bonds. The summed E-state index contributed by atoms with van der Waals surface area (Å²) in [6.07, 6.45) is 4.83. The Morgan fingerprint density at radius 2 is 2.00 bits per heavy atom. The first-order valence-electron chi connectivity index (χ1n) is 6.71. The van der Waals surface area contributed by atoms with Crippen LogP contribution < -0.4 is 5.32 Å². The summed E-state index contributed by atoms with van der Waals surface area (Å²) in [5.41, 5.74) is -0.522. The van der Waals surface area contributed by atoms with Crippen LogP contribution in [0.2, 0.25) is 0 Å². The largest absolute Gasteiger partial charge is 0.460 e. The number of carbonyl (C=O) groups is 2. The number of hydrogen-bond donors (Lipinski definition) is 1. The van der Waals surface area contributed by atoms with E-state index in [-0.39, 0.29) is 18.3 Å². The van der Waals surface area contributed by atoms with E-state index in [1.165, 1.54) is 6.92 Å². The number of carbonyl (C=O) groups excluding carboxylic acids is 2. The lowest BCUT2D eigenvalue weighted by atomic mass is 9.81. The van der Waals surface area contributed by atoms with Crippen LogP contribution in [0.3, 0.4) is 0 Å². The highest BCUT2D eigenvalue weighted by atomic mass is 16.5. The Morgan fingerprint density at radius 3 is 2.58 bits per heavy atom. The first kappa shape index (κ1) is 13.7. The number of aliphatic imine (C=N–C) groups is 2. The van der Waals surface area contributed by atoms with Crippen molar-refractivity contribution in [2.75, 3.05) is 6.61 Å². The van der Waals surface area contributed by atoms with E-state index < -0.39 is 11.5 Å². The summed E-state index contributed by atoms with van der Waals surface area (Å²) in [7, 11) is 0. The molecule has 0 aromatic heterocycles. The van der Waals surface area contributed by atoms with Gasteiger partial charge in [0.1, 0.15) is 11.4 Å². The molecule has 0 atom stereocenters. The maximum Gasteiger partial charge on any atom is 0.376 e. The number of hydrogen-bond acceptors (Lipinski definition) is 5. The van der Waals surface area contributed by atoms with Gasteiger partial charge in [-0.05, 0) is 19.8 Å². The van der Waals surface area contributed by atoms with Crippen molar-refractivity contribution in [1.82, 2.24) is 5.32 Å². The minimum absolute atomic E-state index is 0.0764. The number of amidine groups is 2. The van der Waals surface area contributed by atoms with Crippen molar-refractivity contribution < 1.29 is 14.3 Å². The minimum atomic E-state index is -0.522. The molecular weight excluding hydrogens is 246 g/mol. The second kappa shape index (κ2) is 5.50. The summed E-state index contributed by atoms with van der Waals surface area (Å²) in [5.74, 6) is -0.132. The molecule has 6 heteroatoms. The molecule has 2 aliphatic rings. The molecule has 1 aliphatic heterocycles. The third kappa shape index (κ3) is 2.83. The summed E-state index contributed by atoms with van der Waals surface area (Å²) in [6.45, 7) is 3.46. The van der Waals surface area contributed by atoms with Gasteiger partial charge in [0, 0.05) is 6.92 Å². The molecule has 104 valence electrons. The number of ether oxygens (including phenoxy) is 1. The van der Waals surface area contributed by atoms with E-state index in [1.54, 1.807) is 6.92 Å². The first-order valence-corrected chi connectivity index (χ1v) is 6.71. The van der Waals surface area contributed by atoms with Crippen LogP contribution in [0.5, 0.6) is 0 Å². The molecular formula is C13H19N3O3. The molecule has 1 spiro atoms. The van der Waals surface area contributed by atoms with E-state index in [9.17, 15) is 9.59 Å². The lowest BCUT2D eigenvalue weighted by Crippen LogP contribution is -2.46. The number of esters is 1. The van der Waals surface area contributed by atoms with Gasteiger partial charge in [-0.15, -0.1) is 0 Å². The second-order valence-electron chi connectivity index (χ2n) is 4.89. The van der Waals surface area contributed by atoms with Crippen molar-refractivity contribution in [1.29, 1.82) is 0 Å². The van der Waals surface area contributed by atoms with E-state index in [4.69, 9.17) is 4.74 Å². The average molecular weight is 265 g/mol. The summed E-state index contributed by atoms with van der Waals surface area (Å²) >= 11 is 0. The topological polar surface area (TPSA) is 80.1 Å². The maximum absolute atomic E-state index is 11.7. The van der Waals surface area contributed by atoms with Crippen molar-refractivity contribution in [3.8, 4) is 0 Å². The zero-order valence-electron chi connectivity index (χ0n) is 11.4. The molecule has 0 radical (unpaired) electrons. The fraction of sp³-hybridized carbons (Fsp3) is 0.692. The number of rotatable bonds is 2. The number of amides is 1. The summed E-state index contributed by atoms with van der Waals surface area (Å²) in [6, 6.07) is 0. The standard InChI is InChI=1S/C13H19N3O3/c1-3-19-11(18)10-15-12(14-9(2)17)13(16-10)7-5-4-6-8-13/h3-8H2,1-2H3,(H,14,15,16,17). The third-order valence-electron chi connectivity index (χ3n) is 3.41. The van der Waals surface area contributed by atoms with Crippen molar-refractivity contribution in [2.45, 2.75) is 51.5 Å². The highest BCUT2D eigenvalue weighted by molar-refractivity contribution is 6.40. The monoisotopic (exact) mass is 265 g/mol. The minimum Gasteiger partial charge on any atom is -0.460 e. The zero-order valence-corrected chi connectivity index (χ0v) is 11.4. The fourth-order valence-electron chi connectivity index (χ4n) is 2.57. The molecule has 0 unspecified atom stereocenters. The van der Waals surface area contributed by atoms with Gasteiger partial charge in [-0.3, -0.25) is 4.79 Å². The van der Waals surface area contributed by atoms with Crippen LogP contribution in [-0.2, 0) is 14.3 Å². The molecule has 6 nitrogen and oxygen atoms in total. The van der Waals surface area contributed by atoms with Gasteiger partial charge in [-0.25, -0.2) is 14.8 Å². The van der Waals surface area contributed by atoms with E-state index >= 15 is 0 Å². The molecule has 1 aliphatic carbocycles. The van der Waals surface area contributed by atoms with Crippen molar-refractivity contribution in [2.24, 2.45) is 9.98 Å². The molecule has 1 heterocycles. The Labute approximate surface area is 112 Å². The summed E-state index contributed by atoms with van der Waals surface area (Å²) < 4.78 is 4.92. The Balaban J connectivity index is 2.26. The molecule has 2 rings (SSSR count).